The molecule has 0 aliphatic carbocycles. The van der Waals surface area contributed by atoms with Crippen molar-refractivity contribution in [3.8, 4) is 0 Å². The molecule has 2 N–H and O–H groups in total. The van der Waals surface area contributed by atoms with Crippen molar-refractivity contribution in [2.45, 2.75) is 6.92 Å². The molecule has 1 aromatic heterocycles. The van der Waals surface area contributed by atoms with Crippen LogP contribution in [0.15, 0.2) is 22.6 Å². The van der Waals surface area contributed by atoms with Crippen LogP contribution < -0.4 is 5.32 Å². The fourth-order valence-corrected chi connectivity index (χ4v) is 1.60. The summed E-state index contributed by atoms with van der Waals surface area (Å²) in [5.74, 6) is -1.11. The van der Waals surface area contributed by atoms with Crippen molar-refractivity contribution in [1.82, 2.24) is 9.88 Å². The van der Waals surface area contributed by atoms with Gasteiger partial charge in [0.15, 0.2) is 5.58 Å². The van der Waals surface area contributed by atoms with E-state index < -0.39 is 5.97 Å². The number of amides is 1. The predicted octanol–water partition coefficient (Wildman–Crippen LogP) is 1.42. The summed E-state index contributed by atoms with van der Waals surface area (Å²) >= 11 is 0. The third-order valence-electron chi connectivity index (χ3n) is 2.93. The molecule has 106 valence electrons. The second kappa shape index (κ2) is 5.60. The second-order valence-corrected chi connectivity index (χ2v) is 4.27. The number of benzene rings is 1. The van der Waals surface area contributed by atoms with E-state index >= 15 is 0 Å². The Labute approximate surface area is 115 Å². The number of hydrogen-bond acceptors (Lipinski definition) is 5. The quantitative estimate of drug-likeness (QED) is 0.858. The Morgan fingerprint density at radius 3 is 2.85 bits per heavy atom. The first-order valence-electron chi connectivity index (χ1n) is 6.13. The van der Waals surface area contributed by atoms with Crippen molar-refractivity contribution in [2.75, 3.05) is 25.5 Å². The van der Waals surface area contributed by atoms with E-state index in [1.54, 1.807) is 18.0 Å². The minimum atomic E-state index is -1.03. The molecule has 0 aliphatic heterocycles. The van der Waals surface area contributed by atoms with Crippen LogP contribution in [0.2, 0.25) is 0 Å². The number of carbonyl (C=O) groups is 2. The highest BCUT2D eigenvalue weighted by Crippen LogP contribution is 2.20. The minimum Gasteiger partial charge on any atom is -0.478 e. The van der Waals surface area contributed by atoms with Crippen molar-refractivity contribution in [2.24, 2.45) is 0 Å². The van der Waals surface area contributed by atoms with E-state index in [1.165, 1.54) is 12.1 Å². The van der Waals surface area contributed by atoms with E-state index in [4.69, 9.17) is 9.52 Å². The third-order valence-corrected chi connectivity index (χ3v) is 2.93. The molecule has 0 bridgehead atoms. The molecule has 0 fully saturated rings. The molecule has 2 aromatic rings. The van der Waals surface area contributed by atoms with Crippen molar-refractivity contribution in [3.63, 3.8) is 0 Å². The number of carbonyl (C=O) groups excluding carboxylic acids is 1. The van der Waals surface area contributed by atoms with Gasteiger partial charge in [-0.1, -0.05) is 0 Å². The summed E-state index contributed by atoms with van der Waals surface area (Å²) < 4.78 is 5.37. The Morgan fingerprint density at radius 1 is 1.45 bits per heavy atom. The molecule has 1 amide bonds. The maximum Gasteiger partial charge on any atom is 0.335 e. The zero-order chi connectivity index (χ0) is 14.7. The smallest absolute Gasteiger partial charge is 0.335 e. The van der Waals surface area contributed by atoms with Gasteiger partial charge in [0.05, 0.1) is 12.1 Å². The predicted molar refractivity (Wildman–Crippen MR) is 72.8 cm³/mol. The average Bonchev–Trinajstić information content (AvgIpc) is 2.85. The molecule has 7 nitrogen and oxygen atoms in total. The summed E-state index contributed by atoms with van der Waals surface area (Å²) in [6.45, 7) is 2.57. The molecule has 1 heterocycles. The molecule has 0 atom stereocenters. The summed E-state index contributed by atoms with van der Waals surface area (Å²) in [7, 11) is 1.70. The van der Waals surface area contributed by atoms with Crippen molar-refractivity contribution < 1.29 is 19.1 Å². The fraction of sp³-hybridized carbons (Fsp3) is 0.308. The molecule has 20 heavy (non-hydrogen) atoms. The van der Waals surface area contributed by atoms with Gasteiger partial charge in [0.2, 0.25) is 5.91 Å². The number of fused-ring (bicyclic) bond motifs is 1. The number of oxazole rings is 1. The van der Waals surface area contributed by atoms with Crippen LogP contribution in [-0.2, 0) is 4.79 Å². The monoisotopic (exact) mass is 277 g/mol. The number of carboxylic acid groups (broad SMARTS) is 1. The highest BCUT2D eigenvalue weighted by Gasteiger charge is 2.11. The molecule has 7 heteroatoms. The maximum absolute atomic E-state index is 11.6. The number of carboxylic acids is 1. The van der Waals surface area contributed by atoms with Gasteiger partial charge in [0, 0.05) is 13.6 Å². The molecular formula is C13H15N3O4. The van der Waals surface area contributed by atoms with E-state index in [0.29, 0.717) is 17.6 Å². The summed E-state index contributed by atoms with van der Waals surface area (Å²) in [6.07, 6.45) is 0. The maximum atomic E-state index is 11.6. The number of anilines is 1. The van der Waals surface area contributed by atoms with E-state index in [1.807, 2.05) is 6.92 Å². The molecule has 0 saturated carbocycles. The van der Waals surface area contributed by atoms with E-state index in [0.717, 1.165) is 0 Å². The zero-order valence-corrected chi connectivity index (χ0v) is 11.2. The minimum absolute atomic E-state index is 0.0724. The van der Waals surface area contributed by atoms with Crippen LogP contribution in [0, 0.1) is 0 Å². The topological polar surface area (TPSA) is 95.7 Å². The van der Waals surface area contributed by atoms with Crippen molar-refractivity contribution >= 4 is 29.0 Å². The van der Waals surface area contributed by atoms with Crippen LogP contribution in [0.4, 0.5) is 6.01 Å². The lowest BCUT2D eigenvalue weighted by atomic mass is 10.2. The summed E-state index contributed by atoms with van der Waals surface area (Å²) in [5, 5.41) is 11.7. The summed E-state index contributed by atoms with van der Waals surface area (Å²) in [4.78, 5) is 28.2. The molecule has 0 unspecified atom stereocenters. The van der Waals surface area contributed by atoms with Gasteiger partial charge < -0.3 is 19.7 Å². The van der Waals surface area contributed by atoms with Crippen LogP contribution in [0.25, 0.3) is 11.1 Å². The number of nitrogens with zero attached hydrogens (tertiary/aromatic N) is 2. The number of hydrogen-bond donors (Lipinski definition) is 2. The van der Waals surface area contributed by atoms with Gasteiger partial charge in [-0.15, -0.1) is 0 Å². The number of aromatic carboxylic acids is 1. The zero-order valence-electron chi connectivity index (χ0n) is 11.2. The van der Waals surface area contributed by atoms with Crippen LogP contribution >= 0.6 is 0 Å². The lowest BCUT2D eigenvalue weighted by Crippen LogP contribution is -2.31. The Kier molecular flexibility index (Phi) is 3.88. The van der Waals surface area contributed by atoms with Gasteiger partial charge >= 0.3 is 5.97 Å². The van der Waals surface area contributed by atoms with Crippen molar-refractivity contribution in [3.05, 3.63) is 23.8 Å². The fourth-order valence-electron chi connectivity index (χ4n) is 1.60. The lowest BCUT2D eigenvalue weighted by Gasteiger charge is -2.13. The van der Waals surface area contributed by atoms with Crippen LogP contribution in [0.1, 0.15) is 17.3 Å². The summed E-state index contributed by atoms with van der Waals surface area (Å²) in [6, 6.07) is 4.61. The van der Waals surface area contributed by atoms with E-state index in [-0.39, 0.29) is 24.0 Å². The first-order chi connectivity index (χ1) is 9.51. The Balaban J connectivity index is 2.12. The van der Waals surface area contributed by atoms with Gasteiger partial charge in [-0.05, 0) is 25.1 Å². The van der Waals surface area contributed by atoms with Gasteiger partial charge in [-0.2, -0.15) is 4.98 Å². The molecule has 2 rings (SSSR count). The number of likely N-dealkylation sites (N-methyl/N-ethyl adjacent to an activating group) is 1. The highest BCUT2D eigenvalue weighted by molar-refractivity contribution is 5.92. The highest BCUT2D eigenvalue weighted by atomic mass is 16.4. The Morgan fingerprint density at radius 2 is 2.20 bits per heavy atom. The number of nitrogens with one attached hydrogen (secondary N) is 1. The third kappa shape index (κ3) is 2.87. The van der Waals surface area contributed by atoms with Gasteiger partial charge in [0.1, 0.15) is 5.52 Å². The van der Waals surface area contributed by atoms with Crippen LogP contribution in [-0.4, -0.2) is 47.0 Å². The average molecular weight is 277 g/mol. The SMILES string of the molecule is CCN(C)C(=O)CNc1nc2ccc(C(=O)O)cc2o1. The molecular weight excluding hydrogens is 262 g/mol. The van der Waals surface area contributed by atoms with E-state index in [9.17, 15) is 9.59 Å². The van der Waals surface area contributed by atoms with Crippen molar-refractivity contribution in [1.29, 1.82) is 0 Å². The van der Waals surface area contributed by atoms with Gasteiger partial charge in [-0.25, -0.2) is 4.79 Å². The normalized spacial score (nSPS) is 10.5. The number of aromatic nitrogens is 1. The second-order valence-electron chi connectivity index (χ2n) is 4.27. The van der Waals surface area contributed by atoms with Gasteiger partial charge in [-0.3, -0.25) is 4.79 Å². The molecule has 0 spiro atoms. The first-order valence-corrected chi connectivity index (χ1v) is 6.13. The molecule has 0 aliphatic rings. The largest absolute Gasteiger partial charge is 0.478 e. The molecule has 1 aromatic carbocycles. The Bertz CT molecular complexity index is 650. The number of rotatable bonds is 5. The molecule has 0 saturated heterocycles. The Hall–Kier alpha value is -2.57. The first kappa shape index (κ1) is 13.9. The molecule has 0 radical (unpaired) electrons. The van der Waals surface area contributed by atoms with Crippen LogP contribution in [0.3, 0.4) is 0 Å². The summed E-state index contributed by atoms with van der Waals surface area (Å²) in [5.41, 5.74) is 1.03. The van der Waals surface area contributed by atoms with Gasteiger partial charge in [0.25, 0.3) is 6.01 Å². The standard InChI is InChI=1S/C13H15N3O4/c1-3-16(2)11(17)7-14-13-15-9-5-4-8(12(18)19)6-10(9)20-13/h4-6H,3,7H2,1-2H3,(H,14,15)(H,18,19). The lowest BCUT2D eigenvalue weighted by molar-refractivity contribution is -0.127. The van der Waals surface area contributed by atoms with E-state index in [2.05, 4.69) is 10.3 Å². The van der Waals surface area contributed by atoms with Crippen LogP contribution in [0.5, 0.6) is 0 Å².